The van der Waals surface area contributed by atoms with E-state index in [1.807, 2.05) is 0 Å². The quantitative estimate of drug-likeness (QED) is 0.634. The number of carboxylic acid groups (broad SMARTS) is 1. The van der Waals surface area contributed by atoms with Gasteiger partial charge < -0.3 is 15.6 Å². The number of amides is 1. The molecule has 0 radical (unpaired) electrons. The summed E-state index contributed by atoms with van der Waals surface area (Å²) in [6.45, 7) is 0.965. The lowest BCUT2D eigenvalue weighted by Gasteiger charge is -2.18. The van der Waals surface area contributed by atoms with Crippen molar-refractivity contribution in [3.8, 4) is 5.75 Å². The number of nitrogens with zero attached hydrogens (tertiary/aromatic N) is 1. The van der Waals surface area contributed by atoms with Gasteiger partial charge in [0.25, 0.3) is 0 Å². The second kappa shape index (κ2) is 3.68. The molecule has 1 amide bonds. The Morgan fingerprint density at radius 1 is 1.53 bits per heavy atom. The number of hydrogen-bond donors (Lipinski definition) is 2. The number of benzene rings is 1. The number of anilines is 2. The molecule has 0 unspecified atom stereocenters. The highest BCUT2D eigenvalue weighted by Crippen LogP contribution is 2.32. The first-order chi connectivity index (χ1) is 7.18. The molecule has 2 rings (SSSR count). The summed E-state index contributed by atoms with van der Waals surface area (Å²) in [4.78, 5) is 12.3. The van der Waals surface area contributed by atoms with Crippen LogP contribution in [-0.4, -0.2) is 24.4 Å². The van der Waals surface area contributed by atoms with Crippen LogP contribution in [0, 0.1) is 0 Å². The van der Waals surface area contributed by atoms with Gasteiger partial charge in [0.05, 0.1) is 12.3 Å². The third-order valence-corrected chi connectivity index (χ3v) is 2.29. The summed E-state index contributed by atoms with van der Waals surface area (Å²) in [5.74, 6) is 0.573. The zero-order chi connectivity index (χ0) is 10.8. The monoisotopic (exact) mass is 208 g/mol. The molecule has 0 aromatic heterocycles. The predicted molar refractivity (Wildman–Crippen MR) is 56.3 cm³/mol. The van der Waals surface area contributed by atoms with Crippen LogP contribution in [0.15, 0.2) is 18.2 Å². The minimum atomic E-state index is -0.979. The van der Waals surface area contributed by atoms with Gasteiger partial charge in [0.2, 0.25) is 0 Å². The van der Waals surface area contributed by atoms with Crippen molar-refractivity contribution in [2.75, 3.05) is 23.8 Å². The Bertz CT molecular complexity index is 392. The first-order valence-electron chi connectivity index (χ1n) is 4.71. The van der Waals surface area contributed by atoms with Crippen molar-refractivity contribution in [1.82, 2.24) is 0 Å². The summed E-state index contributed by atoms with van der Waals surface area (Å²) in [6.07, 6.45) is -0.298. The first kappa shape index (κ1) is 9.64. The Morgan fingerprint density at radius 2 is 2.33 bits per heavy atom. The predicted octanol–water partition coefficient (Wildman–Crippen LogP) is 1.54. The van der Waals surface area contributed by atoms with Crippen LogP contribution in [0.25, 0.3) is 0 Å². The molecular weight excluding hydrogens is 196 g/mol. The van der Waals surface area contributed by atoms with Crippen molar-refractivity contribution < 1.29 is 14.6 Å². The Hall–Kier alpha value is -1.91. The highest BCUT2D eigenvalue weighted by molar-refractivity contribution is 5.89. The van der Waals surface area contributed by atoms with E-state index in [1.54, 1.807) is 18.2 Å². The second-order valence-electron chi connectivity index (χ2n) is 3.36. The summed E-state index contributed by atoms with van der Waals surface area (Å²) >= 11 is 0. The van der Waals surface area contributed by atoms with Crippen molar-refractivity contribution in [3.05, 3.63) is 18.2 Å². The van der Waals surface area contributed by atoms with Gasteiger partial charge in [-0.3, -0.25) is 4.90 Å². The zero-order valence-electron chi connectivity index (χ0n) is 8.14. The molecule has 0 saturated heterocycles. The number of fused-ring (bicyclic) bond motifs is 1. The van der Waals surface area contributed by atoms with Crippen molar-refractivity contribution in [1.29, 1.82) is 0 Å². The van der Waals surface area contributed by atoms with Crippen molar-refractivity contribution >= 4 is 17.5 Å². The normalized spacial score (nSPS) is 15.1. The van der Waals surface area contributed by atoms with Gasteiger partial charge in [-0.25, -0.2) is 4.79 Å². The topological polar surface area (TPSA) is 75.8 Å². The first-order valence-corrected chi connectivity index (χ1v) is 4.71. The molecule has 1 aromatic rings. The SMILES string of the molecule is Nc1ccc2c(c1)N(C(=O)O)CCCO2. The standard InChI is InChI=1S/C10H12N2O3/c11-7-2-3-9-8(6-7)12(10(13)14)4-1-5-15-9/h2-3,6H,1,4-5,11H2,(H,13,14). The fraction of sp³-hybridized carbons (Fsp3) is 0.300. The Balaban J connectivity index is 2.46. The average Bonchev–Trinajstić information content (AvgIpc) is 2.39. The Morgan fingerprint density at radius 3 is 3.07 bits per heavy atom. The lowest BCUT2D eigenvalue weighted by molar-refractivity contribution is 0.202. The van der Waals surface area contributed by atoms with Gasteiger partial charge in [0.1, 0.15) is 5.75 Å². The van der Waals surface area contributed by atoms with Gasteiger partial charge in [0, 0.05) is 12.2 Å². The van der Waals surface area contributed by atoms with Gasteiger partial charge in [0.15, 0.2) is 0 Å². The molecule has 0 bridgehead atoms. The number of hydrogen-bond acceptors (Lipinski definition) is 3. The third-order valence-electron chi connectivity index (χ3n) is 2.29. The largest absolute Gasteiger partial charge is 0.491 e. The molecular formula is C10H12N2O3. The van der Waals surface area contributed by atoms with Gasteiger partial charge in [-0.2, -0.15) is 0 Å². The van der Waals surface area contributed by atoms with E-state index in [0.29, 0.717) is 36.7 Å². The molecule has 1 heterocycles. The zero-order valence-corrected chi connectivity index (χ0v) is 8.14. The summed E-state index contributed by atoms with van der Waals surface area (Å²) in [6, 6.07) is 5.02. The van der Waals surface area contributed by atoms with E-state index >= 15 is 0 Å². The Labute approximate surface area is 87.1 Å². The Kier molecular flexibility index (Phi) is 2.37. The molecule has 5 heteroatoms. The van der Waals surface area contributed by atoms with Crippen LogP contribution in [0.3, 0.4) is 0 Å². The summed E-state index contributed by atoms with van der Waals surface area (Å²) in [7, 11) is 0. The van der Waals surface area contributed by atoms with Gasteiger partial charge in [-0.15, -0.1) is 0 Å². The summed E-state index contributed by atoms with van der Waals surface area (Å²) in [5, 5.41) is 9.03. The lowest BCUT2D eigenvalue weighted by Crippen LogP contribution is -2.29. The van der Waals surface area contributed by atoms with Crippen LogP contribution in [0.1, 0.15) is 6.42 Å². The van der Waals surface area contributed by atoms with Crippen molar-refractivity contribution in [2.24, 2.45) is 0 Å². The maximum Gasteiger partial charge on any atom is 0.411 e. The van der Waals surface area contributed by atoms with E-state index in [1.165, 1.54) is 4.90 Å². The maximum atomic E-state index is 11.0. The molecule has 0 aliphatic carbocycles. The van der Waals surface area contributed by atoms with E-state index in [0.717, 1.165) is 0 Å². The molecule has 3 N–H and O–H groups in total. The smallest absolute Gasteiger partial charge is 0.411 e. The van der Waals surface area contributed by atoms with E-state index in [2.05, 4.69) is 0 Å². The third kappa shape index (κ3) is 1.81. The average molecular weight is 208 g/mol. The fourth-order valence-electron chi connectivity index (χ4n) is 1.59. The summed E-state index contributed by atoms with van der Waals surface area (Å²) in [5.41, 5.74) is 6.68. The summed E-state index contributed by atoms with van der Waals surface area (Å²) < 4.78 is 5.42. The van der Waals surface area contributed by atoms with E-state index in [4.69, 9.17) is 15.6 Å². The second-order valence-corrected chi connectivity index (χ2v) is 3.36. The number of rotatable bonds is 0. The lowest BCUT2D eigenvalue weighted by atomic mass is 10.2. The number of nitrogens with two attached hydrogens (primary N) is 1. The number of nitrogen functional groups attached to an aromatic ring is 1. The minimum absolute atomic E-state index is 0.436. The van der Waals surface area contributed by atoms with E-state index in [9.17, 15) is 4.79 Å². The van der Waals surface area contributed by atoms with Gasteiger partial charge in [-0.1, -0.05) is 0 Å². The van der Waals surface area contributed by atoms with Gasteiger partial charge >= 0.3 is 6.09 Å². The van der Waals surface area contributed by atoms with Crippen LogP contribution in [-0.2, 0) is 0 Å². The van der Waals surface area contributed by atoms with E-state index < -0.39 is 6.09 Å². The highest BCUT2D eigenvalue weighted by Gasteiger charge is 2.21. The molecule has 0 atom stereocenters. The fourth-order valence-corrected chi connectivity index (χ4v) is 1.59. The highest BCUT2D eigenvalue weighted by atomic mass is 16.5. The maximum absolute atomic E-state index is 11.0. The van der Waals surface area contributed by atoms with Crippen LogP contribution in [0.5, 0.6) is 5.75 Å². The molecule has 1 aromatic carbocycles. The molecule has 5 nitrogen and oxygen atoms in total. The minimum Gasteiger partial charge on any atom is -0.491 e. The molecule has 1 aliphatic heterocycles. The molecule has 80 valence electrons. The molecule has 0 spiro atoms. The van der Waals surface area contributed by atoms with Crippen LogP contribution < -0.4 is 15.4 Å². The molecule has 15 heavy (non-hydrogen) atoms. The van der Waals surface area contributed by atoms with Crippen molar-refractivity contribution in [2.45, 2.75) is 6.42 Å². The molecule has 1 aliphatic rings. The van der Waals surface area contributed by atoms with Crippen molar-refractivity contribution in [3.63, 3.8) is 0 Å². The number of carbonyl (C=O) groups is 1. The van der Waals surface area contributed by atoms with Crippen LogP contribution in [0.4, 0.5) is 16.2 Å². The number of ether oxygens (including phenoxy) is 1. The van der Waals surface area contributed by atoms with E-state index in [-0.39, 0.29) is 0 Å². The molecule has 0 saturated carbocycles. The van der Waals surface area contributed by atoms with Crippen LogP contribution in [0.2, 0.25) is 0 Å². The van der Waals surface area contributed by atoms with Gasteiger partial charge in [-0.05, 0) is 24.6 Å². The van der Waals surface area contributed by atoms with Crippen LogP contribution >= 0.6 is 0 Å². The molecule has 0 fully saturated rings.